The van der Waals surface area contributed by atoms with Crippen molar-refractivity contribution in [3.8, 4) is 11.5 Å². The van der Waals surface area contributed by atoms with Crippen molar-refractivity contribution in [3.05, 3.63) is 53.8 Å². The molecule has 0 aliphatic heterocycles. The molecule has 0 saturated carbocycles. The molecular formula is C20H24FN3O3S. The monoisotopic (exact) mass is 405 g/mol. The van der Waals surface area contributed by atoms with Crippen molar-refractivity contribution < 1.29 is 18.7 Å². The molecule has 0 bridgehead atoms. The molecule has 0 aromatic heterocycles. The lowest BCUT2D eigenvalue weighted by Crippen LogP contribution is -2.43. The van der Waals surface area contributed by atoms with Gasteiger partial charge in [-0.15, -0.1) is 0 Å². The molecular weight excluding hydrogens is 381 g/mol. The van der Waals surface area contributed by atoms with Crippen molar-refractivity contribution in [2.45, 2.75) is 26.7 Å². The number of hydrogen-bond acceptors (Lipinski definition) is 4. The van der Waals surface area contributed by atoms with E-state index < -0.39 is 0 Å². The molecule has 1 amide bonds. The minimum Gasteiger partial charge on any atom is -0.490 e. The summed E-state index contributed by atoms with van der Waals surface area (Å²) in [5, 5.41) is 3.01. The van der Waals surface area contributed by atoms with Gasteiger partial charge in [0, 0.05) is 11.3 Å². The van der Waals surface area contributed by atoms with Crippen LogP contribution >= 0.6 is 12.2 Å². The van der Waals surface area contributed by atoms with Crippen molar-refractivity contribution >= 4 is 28.9 Å². The molecule has 150 valence electrons. The van der Waals surface area contributed by atoms with Crippen molar-refractivity contribution in [1.29, 1.82) is 0 Å². The minimum absolute atomic E-state index is 0.172. The van der Waals surface area contributed by atoms with Crippen LogP contribution in [0.3, 0.4) is 0 Å². The Kier molecular flexibility index (Phi) is 8.48. The van der Waals surface area contributed by atoms with Gasteiger partial charge >= 0.3 is 0 Å². The molecule has 28 heavy (non-hydrogen) atoms. The third-order valence-electron chi connectivity index (χ3n) is 3.52. The second kappa shape index (κ2) is 11.1. The second-order valence-electron chi connectivity index (χ2n) is 5.90. The van der Waals surface area contributed by atoms with Gasteiger partial charge in [0.25, 0.3) is 5.91 Å². The van der Waals surface area contributed by atoms with E-state index >= 15 is 0 Å². The molecule has 2 aromatic rings. The van der Waals surface area contributed by atoms with E-state index in [-0.39, 0.29) is 16.8 Å². The summed E-state index contributed by atoms with van der Waals surface area (Å²) in [5.41, 5.74) is 6.12. The number of nitrogens with one attached hydrogen (secondary N) is 3. The van der Waals surface area contributed by atoms with Gasteiger partial charge in [0.2, 0.25) is 0 Å². The lowest BCUT2D eigenvalue weighted by molar-refractivity contribution is 0.0943. The molecule has 0 aliphatic carbocycles. The fraction of sp³-hybridized carbons (Fsp3) is 0.300. The van der Waals surface area contributed by atoms with E-state index in [2.05, 4.69) is 16.2 Å². The molecule has 2 rings (SSSR count). The average molecular weight is 405 g/mol. The molecule has 0 aliphatic rings. The highest BCUT2D eigenvalue weighted by Crippen LogP contribution is 2.28. The summed E-state index contributed by atoms with van der Waals surface area (Å²) in [6.45, 7) is 5.11. The molecule has 6 nitrogen and oxygen atoms in total. The maximum absolute atomic E-state index is 12.9. The van der Waals surface area contributed by atoms with Crippen molar-refractivity contribution in [3.63, 3.8) is 0 Å². The Morgan fingerprint density at radius 1 is 0.964 bits per heavy atom. The fourth-order valence-corrected chi connectivity index (χ4v) is 2.36. The van der Waals surface area contributed by atoms with Crippen molar-refractivity contribution in [2.75, 3.05) is 18.5 Å². The van der Waals surface area contributed by atoms with Gasteiger partial charge < -0.3 is 14.8 Å². The first-order valence-electron chi connectivity index (χ1n) is 9.06. The van der Waals surface area contributed by atoms with E-state index in [1.807, 2.05) is 13.8 Å². The largest absolute Gasteiger partial charge is 0.490 e. The van der Waals surface area contributed by atoms with Gasteiger partial charge in [-0.1, -0.05) is 13.8 Å². The van der Waals surface area contributed by atoms with Gasteiger partial charge in [0.1, 0.15) is 5.82 Å². The number of hydrogen-bond donors (Lipinski definition) is 3. The molecule has 0 heterocycles. The third kappa shape index (κ3) is 6.70. The number of halogens is 1. The number of rotatable bonds is 8. The molecule has 3 N–H and O–H groups in total. The van der Waals surface area contributed by atoms with Crippen LogP contribution in [0.1, 0.15) is 37.0 Å². The minimum atomic E-state index is -0.383. The molecule has 0 spiro atoms. The first kappa shape index (κ1) is 21.4. The predicted octanol–water partition coefficient (Wildman–Crippen LogP) is 4.03. The van der Waals surface area contributed by atoms with Gasteiger partial charge in [0.05, 0.1) is 13.2 Å². The zero-order valence-electron chi connectivity index (χ0n) is 15.9. The van der Waals surface area contributed by atoms with E-state index in [4.69, 9.17) is 21.7 Å². The lowest BCUT2D eigenvalue weighted by atomic mass is 10.2. The van der Waals surface area contributed by atoms with Crippen LogP contribution in [0.25, 0.3) is 0 Å². The van der Waals surface area contributed by atoms with Crippen LogP contribution in [-0.2, 0) is 0 Å². The van der Waals surface area contributed by atoms with E-state index in [0.29, 0.717) is 36.0 Å². The summed E-state index contributed by atoms with van der Waals surface area (Å²) in [4.78, 5) is 12.4. The van der Waals surface area contributed by atoms with Crippen LogP contribution in [0, 0.1) is 5.82 Å². The van der Waals surface area contributed by atoms with Crippen molar-refractivity contribution in [2.24, 2.45) is 0 Å². The number of hydrazine groups is 1. The highest BCUT2D eigenvalue weighted by atomic mass is 32.1. The van der Waals surface area contributed by atoms with E-state index in [1.165, 1.54) is 24.3 Å². The Labute approximate surface area is 169 Å². The van der Waals surface area contributed by atoms with Gasteiger partial charge in [0.15, 0.2) is 16.6 Å². The molecule has 8 heteroatoms. The first-order chi connectivity index (χ1) is 13.5. The first-order valence-corrected chi connectivity index (χ1v) is 9.46. The Bertz CT molecular complexity index is 800. The van der Waals surface area contributed by atoms with Gasteiger partial charge in [-0.2, -0.15) is 0 Å². The van der Waals surface area contributed by atoms with Crippen LogP contribution in [0.4, 0.5) is 10.1 Å². The predicted molar refractivity (Wildman–Crippen MR) is 111 cm³/mol. The van der Waals surface area contributed by atoms with Crippen LogP contribution in [0.5, 0.6) is 11.5 Å². The third-order valence-corrected chi connectivity index (χ3v) is 3.73. The smallest absolute Gasteiger partial charge is 0.269 e. The van der Waals surface area contributed by atoms with Crippen LogP contribution in [-0.4, -0.2) is 24.2 Å². The standard InChI is InChI=1S/C20H24FN3O3S/c1-3-11-26-17-10-5-14(13-18(17)27-12-4-2)19(25)23-24-20(28)22-16-8-6-15(21)7-9-16/h5-10,13H,3-4,11-12H2,1-2H3,(H,23,25)(H2,22,24,28). The summed E-state index contributed by atoms with van der Waals surface area (Å²) in [7, 11) is 0. The Hall–Kier alpha value is -2.87. The Morgan fingerprint density at radius 2 is 1.61 bits per heavy atom. The number of anilines is 1. The second-order valence-corrected chi connectivity index (χ2v) is 6.31. The molecule has 0 atom stereocenters. The van der Waals surface area contributed by atoms with E-state index in [1.54, 1.807) is 18.2 Å². The molecule has 2 aromatic carbocycles. The maximum Gasteiger partial charge on any atom is 0.269 e. The summed E-state index contributed by atoms with van der Waals surface area (Å²) in [5.74, 6) is 0.403. The van der Waals surface area contributed by atoms with Crippen LogP contribution in [0.15, 0.2) is 42.5 Å². The Balaban J connectivity index is 1.96. The summed E-state index contributed by atoms with van der Waals surface area (Å²) in [6, 6.07) is 10.7. The number of carbonyl (C=O) groups is 1. The van der Waals surface area contributed by atoms with Gasteiger partial charge in [-0.25, -0.2) is 4.39 Å². The van der Waals surface area contributed by atoms with Crippen LogP contribution in [0.2, 0.25) is 0 Å². The van der Waals surface area contributed by atoms with Crippen LogP contribution < -0.4 is 25.6 Å². The van der Waals surface area contributed by atoms with E-state index in [0.717, 1.165) is 12.8 Å². The van der Waals surface area contributed by atoms with Crippen molar-refractivity contribution in [1.82, 2.24) is 10.9 Å². The number of thiocarbonyl (C=S) groups is 1. The highest BCUT2D eigenvalue weighted by molar-refractivity contribution is 7.80. The fourth-order valence-electron chi connectivity index (χ4n) is 2.19. The quantitative estimate of drug-likeness (QED) is 0.455. The molecule has 0 fully saturated rings. The molecule has 0 radical (unpaired) electrons. The number of amides is 1. The summed E-state index contributed by atoms with van der Waals surface area (Å²) in [6.07, 6.45) is 1.71. The molecule has 0 unspecified atom stereocenters. The number of ether oxygens (including phenoxy) is 2. The lowest BCUT2D eigenvalue weighted by Gasteiger charge is -2.14. The average Bonchev–Trinajstić information content (AvgIpc) is 2.70. The summed E-state index contributed by atoms with van der Waals surface area (Å²) >= 11 is 5.11. The highest BCUT2D eigenvalue weighted by Gasteiger charge is 2.12. The van der Waals surface area contributed by atoms with Gasteiger partial charge in [-0.05, 0) is 67.5 Å². The topological polar surface area (TPSA) is 71.6 Å². The van der Waals surface area contributed by atoms with Gasteiger partial charge in [-0.3, -0.25) is 15.6 Å². The van der Waals surface area contributed by atoms with E-state index in [9.17, 15) is 9.18 Å². The maximum atomic E-state index is 12.9. The summed E-state index contributed by atoms with van der Waals surface area (Å²) < 4.78 is 24.3. The zero-order valence-corrected chi connectivity index (χ0v) is 16.7. The normalized spacial score (nSPS) is 10.1. The number of benzene rings is 2. The number of carbonyl (C=O) groups excluding carboxylic acids is 1. The molecule has 0 saturated heterocycles. The zero-order chi connectivity index (χ0) is 20.4. The SMILES string of the molecule is CCCOc1ccc(C(=O)NNC(=S)Nc2ccc(F)cc2)cc1OCCC. The Morgan fingerprint density at radius 3 is 2.25 bits per heavy atom.